The van der Waals surface area contributed by atoms with Crippen LogP contribution >= 0.6 is 0 Å². The Balaban J connectivity index is 1.43. The van der Waals surface area contributed by atoms with Gasteiger partial charge in [0.2, 0.25) is 47.3 Å². The van der Waals surface area contributed by atoms with Gasteiger partial charge >= 0.3 is 0 Å². The van der Waals surface area contributed by atoms with Crippen molar-refractivity contribution >= 4 is 58.2 Å². The number of fused-ring (bicyclic) bond motifs is 1. The third kappa shape index (κ3) is 14.6. The molecule has 3 aromatic carbocycles. The normalized spacial score (nSPS) is 16.2. The van der Waals surface area contributed by atoms with Gasteiger partial charge in [0.1, 0.15) is 42.0 Å². The molecule has 7 atom stereocenters. The fourth-order valence-corrected chi connectivity index (χ4v) is 8.00. The Morgan fingerprint density at radius 3 is 1.99 bits per heavy atom. The van der Waals surface area contributed by atoms with Gasteiger partial charge in [0.15, 0.2) is 0 Å². The van der Waals surface area contributed by atoms with E-state index >= 15 is 0 Å². The van der Waals surface area contributed by atoms with Crippen LogP contribution in [0.15, 0.2) is 85.1 Å². The molecule has 1 aliphatic rings. The predicted molar refractivity (Wildman–Crippen MR) is 249 cm³/mol. The SMILES string of the molecule is CC(C)C[C@H](NC(=O)[C@@H]1CCCN1C(=O)[C@H](Cc1ccc(O)cc1)NC(=O)[C@H](Cc1c[nH]c2ccccc12)NC(=O)[C@H](CCC(N)=O)NC(=O)[C@@H](N)Cc1ccccc1)C(=O)N[C@@H](C)C(N)=O. The number of carbonyl (C=O) groups is 8. The van der Waals surface area contributed by atoms with Crippen LogP contribution in [0.2, 0.25) is 0 Å². The number of amides is 8. The Bertz CT molecular complexity index is 2390. The second-order valence-electron chi connectivity index (χ2n) is 17.4. The Morgan fingerprint density at radius 1 is 0.701 bits per heavy atom. The predicted octanol–water partition coefficient (Wildman–Crippen LogP) is 0.461. The van der Waals surface area contributed by atoms with Crippen molar-refractivity contribution in [3.63, 3.8) is 0 Å². The standard InChI is InChI=1S/C48H62N10O9/c1-27(2)22-37(45(64)53-28(3)42(51)61)56-47(66)40-14-9-21-58(40)48(67)39(24-30-15-17-32(59)18-16-30)57-46(65)38(25-31-26-52-35-13-8-7-12-33(31)35)55-44(63)36(19-20-41(50)60)54-43(62)34(49)23-29-10-5-4-6-11-29/h4-8,10-13,15-18,26-28,34,36-40,52,59H,9,14,19-25,49H2,1-3H3,(H2,50,60)(H2,51,61)(H,53,64)(H,54,62)(H,55,63)(H,56,66)(H,57,65)/t28-,34-,36-,37-,38-,39-,40-/m0/s1. The number of phenols is 1. The zero-order valence-electron chi connectivity index (χ0n) is 38.0. The Morgan fingerprint density at radius 2 is 1.31 bits per heavy atom. The van der Waals surface area contributed by atoms with Gasteiger partial charge < -0.3 is 58.8 Å². The topological polar surface area (TPSA) is 314 Å². The van der Waals surface area contributed by atoms with Crippen LogP contribution in [0.4, 0.5) is 0 Å². The van der Waals surface area contributed by atoms with E-state index in [0.717, 1.165) is 16.5 Å². The lowest BCUT2D eigenvalue weighted by molar-refractivity contribution is -0.142. The molecular formula is C48H62N10O9. The number of nitrogens with two attached hydrogens (primary N) is 3. The Kier molecular flexibility index (Phi) is 18.0. The van der Waals surface area contributed by atoms with Gasteiger partial charge in [-0.2, -0.15) is 0 Å². The number of carbonyl (C=O) groups excluding carboxylic acids is 8. The Hall–Kier alpha value is -7.28. The van der Waals surface area contributed by atoms with E-state index in [1.54, 1.807) is 42.6 Å². The molecule has 358 valence electrons. The second-order valence-corrected chi connectivity index (χ2v) is 17.4. The molecule has 0 radical (unpaired) electrons. The van der Waals surface area contributed by atoms with E-state index in [2.05, 4.69) is 31.6 Å². The number of aromatic nitrogens is 1. The molecule has 2 heterocycles. The van der Waals surface area contributed by atoms with Crippen molar-refractivity contribution in [2.75, 3.05) is 6.54 Å². The number of primary amides is 2. The van der Waals surface area contributed by atoms with Gasteiger partial charge in [-0.3, -0.25) is 38.4 Å². The van der Waals surface area contributed by atoms with Crippen molar-refractivity contribution in [3.05, 3.63) is 102 Å². The number of rotatable bonds is 23. The first-order valence-electron chi connectivity index (χ1n) is 22.4. The molecule has 0 spiro atoms. The monoisotopic (exact) mass is 922 g/mol. The van der Waals surface area contributed by atoms with Gasteiger partial charge in [-0.05, 0) is 79.8 Å². The van der Waals surface area contributed by atoms with E-state index in [9.17, 15) is 43.5 Å². The first kappa shape index (κ1) is 50.7. The van der Waals surface area contributed by atoms with E-state index < -0.39 is 89.6 Å². The molecule has 13 N–H and O–H groups in total. The summed E-state index contributed by atoms with van der Waals surface area (Å²) >= 11 is 0. The van der Waals surface area contributed by atoms with Crippen molar-refractivity contribution in [2.45, 2.75) is 114 Å². The summed E-state index contributed by atoms with van der Waals surface area (Å²) in [4.78, 5) is 113. The van der Waals surface area contributed by atoms with Crippen molar-refractivity contribution in [1.82, 2.24) is 36.5 Å². The minimum absolute atomic E-state index is 0.0299. The summed E-state index contributed by atoms with van der Waals surface area (Å²) in [5.41, 5.74) is 19.8. The van der Waals surface area contributed by atoms with E-state index in [1.165, 1.54) is 24.0 Å². The van der Waals surface area contributed by atoms with Gasteiger partial charge in [0.05, 0.1) is 6.04 Å². The fourth-order valence-electron chi connectivity index (χ4n) is 8.00. The van der Waals surface area contributed by atoms with Crippen molar-refractivity contribution < 1.29 is 43.5 Å². The zero-order chi connectivity index (χ0) is 48.8. The minimum atomic E-state index is -1.37. The van der Waals surface area contributed by atoms with Gasteiger partial charge in [-0.25, -0.2) is 0 Å². The first-order valence-corrected chi connectivity index (χ1v) is 22.4. The minimum Gasteiger partial charge on any atom is -0.508 e. The van der Waals surface area contributed by atoms with Crippen LogP contribution in [-0.2, 0) is 57.6 Å². The van der Waals surface area contributed by atoms with E-state index in [-0.39, 0.29) is 63.2 Å². The number of aromatic hydroxyl groups is 1. The third-order valence-electron chi connectivity index (χ3n) is 11.6. The largest absolute Gasteiger partial charge is 0.508 e. The molecule has 0 aliphatic carbocycles. The molecule has 1 fully saturated rings. The molecule has 0 saturated carbocycles. The van der Waals surface area contributed by atoms with Crippen molar-refractivity contribution in [1.29, 1.82) is 0 Å². The first-order chi connectivity index (χ1) is 31.9. The third-order valence-corrected chi connectivity index (χ3v) is 11.6. The highest BCUT2D eigenvalue weighted by atomic mass is 16.3. The molecule has 0 bridgehead atoms. The van der Waals surface area contributed by atoms with E-state index in [4.69, 9.17) is 17.2 Å². The summed E-state index contributed by atoms with van der Waals surface area (Å²) in [6, 6.07) is 14.2. The number of hydrogen-bond acceptors (Lipinski definition) is 10. The van der Waals surface area contributed by atoms with Crippen LogP contribution in [0.5, 0.6) is 5.75 Å². The molecule has 4 aromatic rings. The summed E-state index contributed by atoms with van der Waals surface area (Å²) in [6.07, 6.45) is 2.07. The van der Waals surface area contributed by atoms with Crippen molar-refractivity contribution in [2.24, 2.45) is 23.1 Å². The molecule has 0 unspecified atom stereocenters. The number of benzene rings is 3. The number of nitrogens with one attached hydrogen (secondary N) is 6. The van der Waals surface area contributed by atoms with Gasteiger partial charge in [-0.1, -0.05) is 74.5 Å². The van der Waals surface area contributed by atoms with Gasteiger partial charge in [0, 0.05) is 42.9 Å². The summed E-state index contributed by atoms with van der Waals surface area (Å²) in [7, 11) is 0. The lowest BCUT2D eigenvalue weighted by Gasteiger charge is -2.31. The maximum Gasteiger partial charge on any atom is 0.246 e. The maximum absolute atomic E-state index is 14.8. The summed E-state index contributed by atoms with van der Waals surface area (Å²) in [6.45, 7) is 5.29. The number of aromatic amines is 1. The number of phenolic OH excluding ortho intramolecular Hbond substituents is 1. The molecule has 8 amide bonds. The quantitative estimate of drug-likeness (QED) is 0.0490. The number of likely N-dealkylation sites (tertiary alicyclic amines) is 1. The van der Waals surface area contributed by atoms with Crippen LogP contribution in [-0.4, -0.2) is 111 Å². The molecule has 67 heavy (non-hydrogen) atoms. The zero-order valence-corrected chi connectivity index (χ0v) is 38.0. The molecule has 1 aliphatic heterocycles. The van der Waals surface area contributed by atoms with Gasteiger partial charge in [0.25, 0.3) is 0 Å². The lowest BCUT2D eigenvalue weighted by atomic mass is 10.00. The highest BCUT2D eigenvalue weighted by Gasteiger charge is 2.40. The maximum atomic E-state index is 14.8. The number of hydrogen-bond donors (Lipinski definition) is 10. The smallest absolute Gasteiger partial charge is 0.246 e. The van der Waals surface area contributed by atoms with Crippen molar-refractivity contribution in [3.8, 4) is 5.75 Å². The highest BCUT2D eigenvalue weighted by Crippen LogP contribution is 2.23. The average molecular weight is 923 g/mol. The van der Waals surface area contributed by atoms with E-state index in [0.29, 0.717) is 17.5 Å². The molecule has 5 rings (SSSR count). The lowest BCUT2D eigenvalue weighted by Crippen LogP contribution is -2.60. The highest BCUT2D eigenvalue weighted by molar-refractivity contribution is 5.98. The molecule has 1 aromatic heterocycles. The van der Waals surface area contributed by atoms with Crippen LogP contribution < -0.4 is 43.8 Å². The van der Waals surface area contributed by atoms with Crippen LogP contribution in [0.1, 0.15) is 69.6 Å². The molecular weight excluding hydrogens is 861 g/mol. The van der Waals surface area contributed by atoms with Crippen LogP contribution in [0.3, 0.4) is 0 Å². The number of nitrogens with zero attached hydrogens (tertiary/aromatic N) is 1. The van der Waals surface area contributed by atoms with E-state index in [1.807, 2.05) is 44.2 Å². The molecule has 1 saturated heterocycles. The molecule has 19 nitrogen and oxygen atoms in total. The van der Waals surface area contributed by atoms with Crippen LogP contribution in [0.25, 0.3) is 10.9 Å². The second kappa shape index (κ2) is 23.8. The summed E-state index contributed by atoms with van der Waals surface area (Å²) in [5.74, 6) is -5.67. The average Bonchev–Trinajstić information content (AvgIpc) is 3.95. The number of H-pyrrole nitrogens is 1. The fraction of sp³-hybridized carbons (Fsp3) is 0.417. The summed E-state index contributed by atoms with van der Waals surface area (Å²) in [5, 5.41) is 24.3. The summed E-state index contributed by atoms with van der Waals surface area (Å²) < 4.78 is 0. The van der Waals surface area contributed by atoms with Gasteiger partial charge in [-0.15, -0.1) is 0 Å². The Labute approximate surface area is 388 Å². The van der Waals surface area contributed by atoms with Crippen LogP contribution in [0, 0.1) is 5.92 Å². The number of para-hydroxylation sites is 1. The molecule has 19 heteroatoms.